The van der Waals surface area contributed by atoms with E-state index in [1.807, 2.05) is 4.90 Å². The summed E-state index contributed by atoms with van der Waals surface area (Å²) in [5.74, 6) is 2.96. The normalized spacial score (nSPS) is 35.5. The Morgan fingerprint density at radius 1 is 1.20 bits per heavy atom. The predicted octanol–water partition coefficient (Wildman–Crippen LogP) is 4.37. The van der Waals surface area contributed by atoms with Crippen LogP contribution in [0.3, 0.4) is 0 Å². The molecule has 4 heteroatoms. The minimum Gasteiger partial charge on any atom is -0.378 e. The molecule has 1 aromatic carbocycles. The van der Waals surface area contributed by atoms with E-state index in [1.165, 1.54) is 12.0 Å². The molecule has 0 spiro atoms. The van der Waals surface area contributed by atoms with E-state index >= 15 is 0 Å². The third-order valence-electron chi connectivity index (χ3n) is 8.81. The monoisotopic (exact) mass is 409 g/mol. The minimum atomic E-state index is -0.133. The molecular weight excluding hydrogens is 374 g/mol. The van der Waals surface area contributed by atoms with Crippen molar-refractivity contribution in [3.8, 4) is 0 Å². The van der Waals surface area contributed by atoms with E-state index in [2.05, 4.69) is 31.2 Å². The average molecular weight is 410 g/mol. The van der Waals surface area contributed by atoms with Crippen LogP contribution in [0.15, 0.2) is 24.3 Å². The van der Waals surface area contributed by atoms with Crippen molar-refractivity contribution in [2.24, 2.45) is 23.2 Å². The lowest BCUT2D eigenvalue weighted by Crippen LogP contribution is -2.44. The standard InChI is InChI=1S/C26H35NO3/c1-26-12-11-21-20-7-3-2-5-18(20)9-10-22(21)25(26)19(17-23(26)28)6-4-8-24(29)27-13-15-30-16-14-27/h2-3,5,7,19,21-22,25H,4,6,8-17H2,1H3/t19-,21?,22?,25?,26-/m1/s1. The molecular formula is C26H35NO3. The van der Waals surface area contributed by atoms with Gasteiger partial charge in [0.2, 0.25) is 5.91 Å². The van der Waals surface area contributed by atoms with E-state index in [-0.39, 0.29) is 11.3 Å². The van der Waals surface area contributed by atoms with Gasteiger partial charge in [-0.2, -0.15) is 0 Å². The number of fused-ring (bicyclic) bond motifs is 5. The van der Waals surface area contributed by atoms with Crippen LogP contribution in [0.25, 0.3) is 0 Å². The van der Waals surface area contributed by atoms with Crippen molar-refractivity contribution >= 4 is 11.7 Å². The van der Waals surface area contributed by atoms with Gasteiger partial charge >= 0.3 is 0 Å². The fourth-order valence-electron chi connectivity index (χ4n) is 7.33. The summed E-state index contributed by atoms with van der Waals surface area (Å²) >= 11 is 0. The Morgan fingerprint density at radius 3 is 2.83 bits per heavy atom. The van der Waals surface area contributed by atoms with Gasteiger partial charge in [0.1, 0.15) is 5.78 Å². The Bertz CT molecular complexity index is 814. The molecule has 4 nitrogen and oxygen atoms in total. The van der Waals surface area contributed by atoms with Gasteiger partial charge in [0.05, 0.1) is 13.2 Å². The second-order valence-electron chi connectivity index (χ2n) is 10.3. The maximum Gasteiger partial charge on any atom is 0.222 e. The molecule has 4 aliphatic rings. The van der Waals surface area contributed by atoms with Crippen LogP contribution >= 0.6 is 0 Å². The van der Waals surface area contributed by atoms with E-state index in [0.29, 0.717) is 49.1 Å². The summed E-state index contributed by atoms with van der Waals surface area (Å²) in [6.07, 6.45) is 7.85. The molecule has 162 valence electrons. The molecule has 0 radical (unpaired) electrons. The highest BCUT2D eigenvalue weighted by molar-refractivity contribution is 5.87. The molecule has 0 aromatic heterocycles. The smallest absolute Gasteiger partial charge is 0.222 e. The third-order valence-corrected chi connectivity index (χ3v) is 8.81. The predicted molar refractivity (Wildman–Crippen MR) is 116 cm³/mol. The summed E-state index contributed by atoms with van der Waals surface area (Å²) in [6.45, 7) is 5.03. The number of morpholine rings is 1. The molecule has 1 heterocycles. The van der Waals surface area contributed by atoms with Crippen molar-refractivity contribution in [3.05, 3.63) is 35.4 Å². The molecule has 1 amide bonds. The zero-order valence-electron chi connectivity index (χ0n) is 18.3. The summed E-state index contributed by atoms with van der Waals surface area (Å²) in [5.41, 5.74) is 2.95. The zero-order chi connectivity index (χ0) is 20.7. The first-order chi connectivity index (χ1) is 14.6. The Balaban J connectivity index is 1.28. The number of hydrogen-bond acceptors (Lipinski definition) is 3. The summed E-state index contributed by atoms with van der Waals surface area (Å²) in [6, 6.07) is 8.98. The van der Waals surface area contributed by atoms with Crippen LogP contribution in [0.2, 0.25) is 0 Å². The molecule has 1 aliphatic heterocycles. The van der Waals surface area contributed by atoms with Crippen molar-refractivity contribution in [1.29, 1.82) is 0 Å². The van der Waals surface area contributed by atoms with E-state index in [1.54, 1.807) is 5.56 Å². The van der Waals surface area contributed by atoms with Gasteiger partial charge in [0.15, 0.2) is 0 Å². The van der Waals surface area contributed by atoms with Gasteiger partial charge in [0, 0.05) is 31.3 Å². The van der Waals surface area contributed by atoms with Crippen LogP contribution in [0, 0.1) is 23.2 Å². The maximum absolute atomic E-state index is 13.1. The van der Waals surface area contributed by atoms with Crippen LogP contribution < -0.4 is 0 Å². The van der Waals surface area contributed by atoms with E-state index < -0.39 is 0 Å². The molecule has 0 N–H and O–H groups in total. The van der Waals surface area contributed by atoms with Crippen LogP contribution in [0.5, 0.6) is 0 Å². The molecule has 0 bridgehead atoms. The SMILES string of the molecule is C[C@]12CCC3c4ccccc4CCC3C1[C@H](CCCC(=O)N1CCOCC1)CC2=O. The van der Waals surface area contributed by atoms with E-state index in [9.17, 15) is 9.59 Å². The first-order valence-corrected chi connectivity index (χ1v) is 12.0. The first-order valence-electron chi connectivity index (χ1n) is 12.0. The number of aryl methyl sites for hydroxylation is 1. The molecule has 3 aliphatic carbocycles. The highest BCUT2D eigenvalue weighted by Crippen LogP contribution is 2.62. The number of carbonyl (C=O) groups excluding carboxylic acids is 2. The number of nitrogens with zero attached hydrogens (tertiary/aromatic N) is 1. The minimum absolute atomic E-state index is 0.133. The summed E-state index contributed by atoms with van der Waals surface area (Å²) < 4.78 is 5.36. The molecule has 30 heavy (non-hydrogen) atoms. The number of ether oxygens (including phenoxy) is 1. The number of amides is 1. The lowest BCUT2D eigenvalue weighted by atomic mass is 9.54. The molecule has 5 rings (SSSR count). The highest BCUT2D eigenvalue weighted by Gasteiger charge is 2.58. The van der Waals surface area contributed by atoms with Gasteiger partial charge in [-0.15, -0.1) is 0 Å². The Hall–Kier alpha value is -1.68. The van der Waals surface area contributed by atoms with Gasteiger partial charge in [-0.25, -0.2) is 0 Å². The number of hydrogen-bond donors (Lipinski definition) is 0. The summed E-state index contributed by atoms with van der Waals surface area (Å²) in [4.78, 5) is 27.6. The van der Waals surface area contributed by atoms with E-state index in [0.717, 1.165) is 51.6 Å². The third kappa shape index (κ3) is 3.41. The topological polar surface area (TPSA) is 46.6 Å². The first kappa shape index (κ1) is 20.2. The Labute approximate surface area is 180 Å². The van der Waals surface area contributed by atoms with Crippen molar-refractivity contribution in [2.75, 3.05) is 26.3 Å². The fraction of sp³-hybridized carbons (Fsp3) is 0.692. The number of benzene rings is 1. The number of carbonyl (C=O) groups is 2. The van der Waals surface area contributed by atoms with Crippen molar-refractivity contribution in [2.45, 2.75) is 64.2 Å². The van der Waals surface area contributed by atoms with Gasteiger partial charge in [-0.1, -0.05) is 31.2 Å². The summed E-state index contributed by atoms with van der Waals surface area (Å²) in [7, 11) is 0. The van der Waals surface area contributed by atoms with Crippen LogP contribution in [0.1, 0.15) is 68.9 Å². The van der Waals surface area contributed by atoms with Gasteiger partial charge in [-0.05, 0) is 73.3 Å². The molecule has 5 atom stereocenters. The van der Waals surface area contributed by atoms with Gasteiger partial charge < -0.3 is 9.64 Å². The quantitative estimate of drug-likeness (QED) is 0.742. The van der Waals surface area contributed by atoms with Crippen LogP contribution in [-0.2, 0) is 20.7 Å². The highest BCUT2D eigenvalue weighted by atomic mass is 16.5. The molecule has 3 fully saturated rings. The van der Waals surface area contributed by atoms with Crippen molar-refractivity contribution in [3.63, 3.8) is 0 Å². The summed E-state index contributed by atoms with van der Waals surface area (Å²) in [5, 5.41) is 0. The second-order valence-corrected chi connectivity index (χ2v) is 10.3. The second kappa shape index (κ2) is 8.11. The van der Waals surface area contributed by atoms with Crippen molar-refractivity contribution in [1.82, 2.24) is 4.90 Å². The lowest BCUT2D eigenvalue weighted by Gasteiger charge is -2.50. The van der Waals surface area contributed by atoms with Gasteiger partial charge in [-0.3, -0.25) is 9.59 Å². The Kier molecular flexibility index (Phi) is 5.47. The molecule has 2 saturated carbocycles. The zero-order valence-corrected chi connectivity index (χ0v) is 18.3. The van der Waals surface area contributed by atoms with Gasteiger partial charge in [0.25, 0.3) is 0 Å². The number of Topliss-reactive ketones (excluding diaryl/α,β-unsaturated/α-hetero) is 1. The largest absolute Gasteiger partial charge is 0.378 e. The van der Waals surface area contributed by atoms with E-state index in [4.69, 9.17) is 4.74 Å². The lowest BCUT2D eigenvalue weighted by molar-refractivity contribution is -0.135. The molecule has 3 unspecified atom stereocenters. The van der Waals surface area contributed by atoms with Crippen molar-refractivity contribution < 1.29 is 14.3 Å². The number of ketones is 1. The maximum atomic E-state index is 13.1. The molecule has 1 aromatic rings. The fourth-order valence-corrected chi connectivity index (χ4v) is 7.33. The number of rotatable bonds is 4. The van der Waals surface area contributed by atoms with Crippen LogP contribution in [0.4, 0.5) is 0 Å². The molecule has 1 saturated heterocycles. The average Bonchev–Trinajstić information content (AvgIpc) is 3.04. The van der Waals surface area contributed by atoms with Crippen LogP contribution in [-0.4, -0.2) is 42.9 Å². The Morgan fingerprint density at radius 2 is 2.00 bits per heavy atom.